The van der Waals surface area contributed by atoms with Gasteiger partial charge in [0.2, 0.25) is 0 Å². The zero-order valence-electron chi connectivity index (χ0n) is 8.76. The lowest BCUT2D eigenvalue weighted by atomic mass is 10.1. The Balaban J connectivity index is 1.81. The lowest BCUT2D eigenvalue weighted by Crippen LogP contribution is -2.26. The van der Waals surface area contributed by atoms with Crippen molar-refractivity contribution in [1.82, 2.24) is 20.2 Å². The molecule has 1 fully saturated rings. The fraction of sp³-hybridized carbons (Fsp3) is 0.778. The van der Waals surface area contributed by atoms with Crippen molar-refractivity contribution in [2.45, 2.75) is 31.7 Å². The van der Waals surface area contributed by atoms with Gasteiger partial charge in [-0.15, -0.1) is 10.2 Å². The topological polar surface area (TPSA) is 86.7 Å². The molecule has 0 aliphatic heterocycles. The van der Waals surface area contributed by atoms with Crippen LogP contribution >= 0.6 is 0 Å². The molecular formula is C9H15N5O. The van der Waals surface area contributed by atoms with Gasteiger partial charge in [0.1, 0.15) is 5.78 Å². The number of ketones is 1. The third-order valence-electron chi connectivity index (χ3n) is 2.60. The molecule has 0 spiro atoms. The molecule has 0 radical (unpaired) electrons. The van der Waals surface area contributed by atoms with Gasteiger partial charge in [0.25, 0.3) is 0 Å². The number of aromatic nitrogens is 4. The minimum Gasteiger partial charge on any atom is -0.327 e. The number of tetrazole rings is 1. The molecule has 1 aliphatic rings. The number of nitrogens with two attached hydrogens (primary N) is 1. The SMILES string of the molecule is Cn1nnc(CC(=O)CC(N)C2CC2)n1. The molecule has 2 rings (SSSR count). The third-order valence-corrected chi connectivity index (χ3v) is 2.60. The van der Waals surface area contributed by atoms with Crippen molar-refractivity contribution in [1.29, 1.82) is 0 Å². The highest BCUT2D eigenvalue weighted by Crippen LogP contribution is 2.32. The van der Waals surface area contributed by atoms with Gasteiger partial charge in [0.15, 0.2) is 5.82 Å². The van der Waals surface area contributed by atoms with Crippen LogP contribution in [0.15, 0.2) is 0 Å². The van der Waals surface area contributed by atoms with E-state index in [-0.39, 0.29) is 18.2 Å². The Hall–Kier alpha value is -1.30. The maximum atomic E-state index is 11.6. The molecule has 0 aromatic carbocycles. The van der Waals surface area contributed by atoms with Gasteiger partial charge in [0, 0.05) is 12.5 Å². The number of nitrogens with zero attached hydrogens (tertiary/aromatic N) is 4. The maximum Gasteiger partial charge on any atom is 0.182 e. The highest BCUT2D eigenvalue weighted by Gasteiger charge is 2.29. The van der Waals surface area contributed by atoms with Gasteiger partial charge >= 0.3 is 0 Å². The Morgan fingerprint density at radius 2 is 2.40 bits per heavy atom. The zero-order valence-corrected chi connectivity index (χ0v) is 8.76. The van der Waals surface area contributed by atoms with Crippen molar-refractivity contribution in [2.24, 2.45) is 18.7 Å². The standard InChI is InChI=1S/C9H15N5O/c1-14-12-9(11-13-14)5-7(15)4-8(10)6-2-3-6/h6,8H,2-5,10H2,1H3. The summed E-state index contributed by atoms with van der Waals surface area (Å²) in [6.07, 6.45) is 3.01. The summed E-state index contributed by atoms with van der Waals surface area (Å²) < 4.78 is 0. The number of carbonyl (C=O) groups excluding carboxylic acids is 1. The molecule has 1 aliphatic carbocycles. The second-order valence-corrected chi connectivity index (χ2v) is 4.12. The van der Waals surface area contributed by atoms with E-state index in [4.69, 9.17) is 5.73 Å². The van der Waals surface area contributed by atoms with Crippen LogP contribution in [0.25, 0.3) is 0 Å². The van der Waals surface area contributed by atoms with Crippen LogP contribution < -0.4 is 5.73 Å². The van der Waals surface area contributed by atoms with Crippen LogP contribution in [-0.4, -0.2) is 32.0 Å². The van der Waals surface area contributed by atoms with Crippen molar-refractivity contribution in [3.05, 3.63) is 5.82 Å². The lowest BCUT2D eigenvalue weighted by Gasteiger charge is -2.07. The van der Waals surface area contributed by atoms with E-state index in [1.54, 1.807) is 7.05 Å². The summed E-state index contributed by atoms with van der Waals surface area (Å²) in [5, 5.41) is 11.4. The number of hydrogen-bond acceptors (Lipinski definition) is 5. The fourth-order valence-electron chi connectivity index (χ4n) is 1.60. The fourth-order valence-corrected chi connectivity index (χ4v) is 1.60. The van der Waals surface area contributed by atoms with Gasteiger partial charge in [-0.25, -0.2) is 0 Å². The Morgan fingerprint density at radius 3 is 2.93 bits per heavy atom. The van der Waals surface area contributed by atoms with Gasteiger partial charge in [-0.2, -0.15) is 4.80 Å². The minimum atomic E-state index is 0.0224. The van der Waals surface area contributed by atoms with E-state index in [1.165, 1.54) is 4.80 Å². The summed E-state index contributed by atoms with van der Waals surface area (Å²) >= 11 is 0. The van der Waals surface area contributed by atoms with Crippen LogP contribution in [0.3, 0.4) is 0 Å². The Bertz CT molecular complexity index is 357. The summed E-state index contributed by atoms with van der Waals surface area (Å²) in [5.74, 6) is 1.14. The molecular weight excluding hydrogens is 194 g/mol. The first-order valence-electron chi connectivity index (χ1n) is 5.15. The van der Waals surface area contributed by atoms with Crippen LogP contribution in [0, 0.1) is 5.92 Å². The third kappa shape index (κ3) is 2.82. The van der Waals surface area contributed by atoms with Gasteiger partial charge < -0.3 is 5.73 Å². The van der Waals surface area contributed by atoms with Crippen LogP contribution in [-0.2, 0) is 18.3 Å². The van der Waals surface area contributed by atoms with Crippen molar-refractivity contribution < 1.29 is 4.79 Å². The van der Waals surface area contributed by atoms with Crippen LogP contribution in [0.5, 0.6) is 0 Å². The van der Waals surface area contributed by atoms with Crippen LogP contribution in [0.2, 0.25) is 0 Å². The molecule has 2 N–H and O–H groups in total. The van der Waals surface area contributed by atoms with Gasteiger partial charge in [-0.1, -0.05) is 0 Å². The molecule has 1 aromatic heterocycles. The summed E-state index contributed by atoms with van der Waals surface area (Å²) in [4.78, 5) is 12.9. The molecule has 6 heteroatoms. The number of aryl methyl sites for hydroxylation is 1. The summed E-state index contributed by atoms with van der Waals surface area (Å²) in [7, 11) is 1.68. The number of carbonyl (C=O) groups is 1. The van der Waals surface area contributed by atoms with Gasteiger partial charge in [-0.05, 0) is 24.0 Å². The van der Waals surface area contributed by atoms with E-state index in [0.29, 0.717) is 18.2 Å². The molecule has 82 valence electrons. The van der Waals surface area contributed by atoms with Crippen molar-refractivity contribution >= 4 is 5.78 Å². The monoisotopic (exact) mass is 209 g/mol. The summed E-state index contributed by atoms with van der Waals surface area (Å²) in [6.45, 7) is 0. The first-order chi connectivity index (χ1) is 7.15. The Kier molecular flexibility index (Phi) is 2.77. The number of rotatable bonds is 5. The average molecular weight is 209 g/mol. The highest BCUT2D eigenvalue weighted by molar-refractivity contribution is 5.80. The first-order valence-corrected chi connectivity index (χ1v) is 5.15. The molecule has 0 saturated heterocycles. The largest absolute Gasteiger partial charge is 0.327 e. The lowest BCUT2D eigenvalue weighted by molar-refractivity contribution is -0.118. The Labute approximate surface area is 87.8 Å². The molecule has 1 aromatic rings. The van der Waals surface area contributed by atoms with E-state index >= 15 is 0 Å². The molecule has 1 saturated carbocycles. The Morgan fingerprint density at radius 1 is 1.67 bits per heavy atom. The van der Waals surface area contributed by atoms with Crippen molar-refractivity contribution in [3.63, 3.8) is 0 Å². The maximum absolute atomic E-state index is 11.6. The summed E-state index contributed by atoms with van der Waals surface area (Å²) in [5.41, 5.74) is 5.86. The number of hydrogen-bond donors (Lipinski definition) is 1. The average Bonchev–Trinajstić information content (AvgIpc) is 2.92. The van der Waals surface area contributed by atoms with E-state index in [9.17, 15) is 4.79 Å². The van der Waals surface area contributed by atoms with Crippen LogP contribution in [0.4, 0.5) is 0 Å². The van der Waals surface area contributed by atoms with Crippen molar-refractivity contribution in [2.75, 3.05) is 0 Å². The highest BCUT2D eigenvalue weighted by atomic mass is 16.1. The van der Waals surface area contributed by atoms with E-state index in [2.05, 4.69) is 15.4 Å². The van der Waals surface area contributed by atoms with E-state index in [1.807, 2.05) is 0 Å². The smallest absolute Gasteiger partial charge is 0.182 e. The second kappa shape index (κ2) is 4.06. The zero-order chi connectivity index (χ0) is 10.8. The summed E-state index contributed by atoms with van der Waals surface area (Å²) in [6, 6.07) is 0.0224. The second-order valence-electron chi connectivity index (χ2n) is 4.12. The predicted molar refractivity (Wildman–Crippen MR) is 52.8 cm³/mol. The van der Waals surface area contributed by atoms with Gasteiger partial charge in [0.05, 0.1) is 13.5 Å². The number of Topliss-reactive ketones (excluding diaryl/α,β-unsaturated/α-hetero) is 1. The molecule has 0 bridgehead atoms. The minimum absolute atomic E-state index is 0.0224. The molecule has 1 atom stereocenters. The van der Waals surface area contributed by atoms with E-state index in [0.717, 1.165) is 12.8 Å². The van der Waals surface area contributed by atoms with Crippen LogP contribution in [0.1, 0.15) is 25.1 Å². The molecule has 1 unspecified atom stereocenters. The first kappa shape index (κ1) is 10.2. The molecule has 0 amide bonds. The van der Waals surface area contributed by atoms with Gasteiger partial charge in [-0.3, -0.25) is 4.79 Å². The normalized spacial score (nSPS) is 17.7. The van der Waals surface area contributed by atoms with E-state index < -0.39 is 0 Å². The predicted octanol–water partition coefficient (Wildman–Crippen LogP) is -0.551. The molecule has 6 nitrogen and oxygen atoms in total. The molecule has 15 heavy (non-hydrogen) atoms. The molecule has 1 heterocycles. The van der Waals surface area contributed by atoms with Crippen molar-refractivity contribution in [3.8, 4) is 0 Å². The quantitative estimate of drug-likeness (QED) is 0.703.